The van der Waals surface area contributed by atoms with E-state index in [0.29, 0.717) is 29.2 Å². The summed E-state index contributed by atoms with van der Waals surface area (Å²) in [5.41, 5.74) is 2.73. The molecule has 0 aliphatic carbocycles. The molecule has 106 valence electrons. The van der Waals surface area contributed by atoms with E-state index in [-0.39, 0.29) is 6.03 Å². The van der Waals surface area contributed by atoms with Crippen molar-refractivity contribution in [1.29, 1.82) is 0 Å². The van der Waals surface area contributed by atoms with Crippen molar-refractivity contribution in [1.82, 2.24) is 20.3 Å². The Balaban J connectivity index is 1.90. The molecule has 0 atom stereocenters. The minimum atomic E-state index is -0.294. The number of carbonyl (C=O) groups excluding carboxylic acids is 1. The molecule has 2 aromatic heterocycles. The molecule has 0 radical (unpaired) electrons. The average molecular weight is 282 g/mol. The van der Waals surface area contributed by atoms with Crippen LogP contribution in [0.15, 0.2) is 35.6 Å². The minimum absolute atomic E-state index is 0.294. The summed E-state index contributed by atoms with van der Waals surface area (Å²) in [6, 6.07) is 3.17. The Morgan fingerprint density at radius 2 is 2.24 bits per heavy atom. The molecule has 2 aromatic rings. The summed E-state index contributed by atoms with van der Waals surface area (Å²) in [5, 5.41) is 5.30. The summed E-state index contributed by atoms with van der Waals surface area (Å²) in [7, 11) is 0. The lowest BCUT2D eigenvalue weighted by Gasteiger charge is -2.06. The molecule has 7 nitrogen and oxygen atoms in total. The van der Waals surface area contributed by atoms with Crippen LogP contribution in [0.1, 0.15) is 19.0 Å². The second kappa shape index (κ2) is 5.66. The molecule has 1 aliphatic rings. The van der Waals surface area contributed by atoms with Gasteiger partial charge < -0.3 is 5.32 Å². The molecular formula is C14H14N6O. The van der Waals surface area contributed by atoms with Crippen LogP contribution in [0.5, 0.6) is 0 Å². The maximum atomic E-state index is 11.5. The Hall–Kier alpha value is -2.83. The first kappa shape index (κ1) is 13.2. The fraction of sp³-hybridized carbons (Fsp3) is 0.214. The van der Waals surface area contributed by atoms with E-state index in [0.717, 1.165) is 12.1 Å². The zero-order valence-corrected chi connectivity index (χ0v) is 11.5. The van der Waals surface area contributed by atoms with Crippen molar-refractivity contribution in [3.8, 4) is 0 Å². The number of urea groups is 1. The van der Waals surface area contributed by atoms with E-state index < -0.39 is 0 Å². The highest BCUT2D eigenvalue weighted by molar-refractivity contribution is 6.02. The number of carbonyl (C=O) groups is 1. The number of pyridine rings is 1. The number of nitrogens with one attached hydrogen (secondary N) is 2. The van der Waals surface area contributed by atoms with Crippen LogP contribution >= 0.6 is 0 Å². The van der Waals surface area contributed by atoms with Gasteiger partial charge in [0.1, 0.15) is 17.0 Å². The zero-order chi connectivity index (χ0) is 14.7. The summed E-state index contributed by atoms with van der Waals surface area (Å²) in [6.45, 7) is 2.40. The number of anilines is 1. The summed E-state index contributed by atoms with van der Waals surface area (Å²) in [4.78, 5) is 28.8. The summed E-state index contributed by atoms with van der Waals surface area (Å²) < 4.78 is 0. The van der Waals surface area contributed by atoms with Crippen LogP contribution in [0.3, 0.4) is 0 Å². The van der Waals surface area contributed by atoms with Crippen molar-refractivity contribution in [2.45, 2.75) is 13.3 Å². The van der Waals surface area contributed by atoms with E-state index in [4.69, 9.17) is 0 Å². The molecular weight excluding hydrogens is 268 g/mol. The molecule has 0 saturated carbocycles. The van der Waals surface area contributed by atoms with Crippen LogP contribution in [0, 0.1) is 0 Å². The smallest absolute Gasteiger partial charge is 0.320 e. The lowest BCUT2D eigenvalue weighted by molar-refractivity contribution is 0.252. The second-order valence-corrected chi connectivity index (χ2v) is 4.44. The van der Waals surface area contributed by atoms with Crippen LogP contribution in [0.4, 0.5) is 10.6 Å². The number of nitrogens with zero attached hydrogens (tertiary/aromatic N) is 4. The Bertz CT molecular complexity index is 752. The van der Waals surface area contributed by atoms with Gasteiger partial charge in [0.2, 0.25) is 0 Å². The number of aliphatic imine (C=N–C) groups is 1. The van der Waals surface area contributed by atoms with Crippen LogP contribution in [-0.4, -0.2) is 33.2 Å². The number of rotatable bonds is 3. The van der Waals surface area contributed by atoms with E-state index in [1.807, 2.05) is 13.0 Å². The lowest BCUT2D eigenvalue weighted by Crippen LogP contribution is -2.28. The molecule has 21 heavy (non-hydrogen) atoms. The summed E-state index contributed by atoms with van der Waals surface area (Å²) in [5.74, 6) is 0.436. The van der Waals surface area contributed by atoms with Gasteiger partial charge in [-0.3, -0.25) is 15.3 Å². The first-order valence-corrected chi connectivity index (χ1v) is 6.67. The molecule has 1 aliphatic heterocycles. The second-order valence-electron chi connectivity index (χ2n) is 4.44. The van der Waals surface area contributed by atoms with Gasteiger partial charge in [-0.25, -0.2) is 14.8 Å². The number of allylic oxidation sites excluding steroid dienone is 1. The first-order valence-electron chi connectivity index (χ1n) is 6.67. The monoisotopic (exact) mass is 282 g/mol. The van der Waals surface area contributed by atoms with Crippen molar-refractivity contribution in [3.63, 3.8) is 0 Å². The third kappa shape index (κ3) is 2.86. The number of fused-ring (bicyclic) bond motifs is 1. The van der Waals surface area contributed by atoms with Crippen molar-refractivity contribution in [2.75, 3.05) is 11.9 Å². The maximum absolute atomic E-state index is 11.5. The van der Waals surface area contributed by atoms with E-state index in [2.05, 4.69) is 30.6 Å². The standard InChI is InChI=1S/C14H14N6O/c1-2-15-14(21)20-12-6-5-10-13(19-12)18-11(8-17-10)9-4-3-7-16-9/h3,5-8H,2,4H2,1H3,(H2,15,18,19,20,21). The molecule has 0 saturated heterocycles. The maximum Gasteiger partial charge on any atom is 0.320 e. The molecule has 0 spiro atoms. The van der Waals surface area contributed by atoms with Gasteiger partial charge in [-0.2, -0.15) is 0 Å². The van der Waals surface area contributed by atoms with Gasteiger partial charge in [0.25, 0.3) is 0 Å². The molecule has 0 bridgehead atoms. The molecule has 0 fully saturated rings. The molecule has 0 aromatic carbocycles. The van der Waals surface area contributed by atoms with Crippen LogP contribution in [0.2, 0.25) is 0 Å². The van der Waals surface area contributed by atoms with Crippen molar-refractivity contribution >= 4 is 28.7 Å². The normalized spacial score (nSPS) is 13.3. The molecule has 0 unspecified atom stereocenters. The Morgan fingerprint density at radius 3 is 3.00 bits per heavy atom. The molecule has 7 heteroatoms. The van der Waals surface area contributed by atoms with Gasteiger partial charge in [-0.05, 0) is 19.1 Å². The highest BCUT2D eigenvalue weighted by atomic mass is 16.2. The van der Waals surface area contributed by atoms with Gasteiger partial charge >= 0.3 is 6.03 Å². The van der Waals surface area contributed by atoms with Gasteiger partial charge in [0.15, 0.2) is 5.65 Å². The predicted molar refractivity (Wildman–Crippen MR) is 80.3 cm³/mol. The zero-order valence-electron chi connectivity index (χ0n) is 11.5. The summed E-state index contributed by atoms with van der Waals surface area (Å²) in [6.07, 6.45) is 6.15. The fourth-order valence-electron chi connectivity index (χ4n) is 1.96. The third-order valence-corrected chi connectivity index (χ3v) is 2.93. The van der Waals surface area contributed by atoms with Crippen molar-refractivity contribution in [3.05, 3.63) is 36.3 Å². The largest absolute Gasteiger partial charge is 0.338 e. The predicted octanol–water partition coefficient (Wildman–Crippen LogP) is 1.87. The highest BCUT2D eigenvalue weighted by Crippen LogP contribution is 2.14. The van der Waals surface area contributed by atoms with Crippen molar-refractivity contribution < 1.29 is 4.79 Å². The van der Waals surface area contributed by atoms with Crippen LogP contribution in [0.25, 0.3) is 11.2 Å². The number of amides is 2. The fourth-order valence-corrected chi connectivity index (χ4v) is 1.96. The van der Waals surface area contributed by atoms with Gasteiger partial charge in [-0.1, -0.05) is 6.08 Å². The molecule has 3 heterocycles. The quantitative estimate of drug-likeness (QED) is 0.899. The van der Waals surface area contributed by atoms with E-state index in [1.54, 1.807) is 24.5 Å². The van der Waals surface area contributed by atoms with Crippen LogP contribution < -0.4 is 10.6 Å². The molecule has 3 rings (SSSR count). The molecule has 2 amide bonds. The van der Waals surface area contributed by atoms with Crippen LogP contribution in [-0.2, 0) is 0 Å². The van der Waals surface area contributed by atoms with E-state index >= 15 is 0 Å². The first-order chi connectivity index (χ1) is 10.3. The van der Waals surface area contributed by atoms with Gasteiger partial charge in [0.05, 0.1) is 11.9 Å². The Labute approximate surface area is 121 Å². The Morgan fingerprint density at radius 1 is 1.33 bits per heavy atom. The van der Waals surface area contributed by atoms with Crippen molar-refractivity contribution in [2.24, 2.45) is 4.99 Å². The number of hydrogen-bond acceptors (Lipinski definition) is 5. The van der Waals surface area contributed by atoms with E-state index in [9.17, 15) is 4.79 Å². The molecule has 2 N–H and O–H groups in total. The third-order valence-electron chi connectivity index (χ3n) is 2.93. The average Bonchev–Trinajstić information content (AvgIpc) is 3.01. The van der Waals surface area contributed by atoms with Gasteiger partial charge in [0, 0.05) is 19.2 Å². The topological polar surface area (TPSA) is 92.2 Å². The van der Waals surface area contributed by atoms with Gasteiger partial charge in [-0.15, -0.1) is 0 Å². The number of aromatic nitrogens is 3. The minimum Gasteiger partial charge on any atom is -0.338 e. The Kier molecular flexibility index (Phi) is 3.55. The number of hydrogen-bond donors (Lipinski definition) is 2. The lowest BCUT2D eigenvalue weighted by atomic mass is 10.2. The highest BCUT2D eigenvalue weighted by Gasteiger charge is 2.10. The summed E-state index contributed by atoms with van der Waals surface area (Å²) >= 11 is 0. The SMILES string of the molecule is CCNC(=O)Nc1ccc2ncc(C3=NC=CC3)nc2n1. The van der Waals surface area contributed by atoms with E-state index in [1.165, 1.54) is 0 Å².